The summed E-state index contributed by atoms with van der Waals surface area (Å²) in [5.41, 5.74) is 6.78. The molecule has 0 aliphatic carbocycles. The maximum absolute atomic E-state index is 9.36. The van der Waals surface area contributed by atoms with Gasteiger partial charge in [0, 0.05) is 10.9 Å². The summed E-state index contributed by atoms with van der Waals surface area (Å²) in [4.78, 5) is 4.18. The molecule has 0 radical (unpaired) electrons. The molecule has 2 unspecified atom stereocenters. The largest absolute Gasteiger partial charge is 0.391 e. The molecule has 1 heterocycles. The van der Waals surface area contributed by atoms with Crippen LogP contribution in [0.5, 0.6) is 0 Å². The summed E-state index contributed by atoms with van der Waals surface area (Å²) in [7, 11) is 0. The van der Waals surface area contributed by atoms with Gasteiger partial charge in [0.05, 0.1) is 6.10 Å². The highest BCUT2D eigenvalue weighted by Gasteiger charge is 2.19. The molecule has 18 heavy (non-hydrogen) atoms. The molecule has 0 saturated carbocycles. The van der Waals surface area contributed by atoms with E-state index in [9.17, 15) is 5.11 Å². The van der Waals surface area contributed by atoms with Gasteiger partial charge in [0.2, 0.25) is 5.89 Å². The fraction of sp³-hybridized carbons (Fsp3) is 0.333. The zero-order valence-corrected chi connectivity index (χ0v) is 11.5. The standard InChI is InChI=1S/C12H14BrN3O2/c1-7(17)11(14)12-15-10(16-18-12)6-8-4-2-3-5-9(8)13/h2-5,7,11,17H,6,14H2,1H3. The Morgan fingerprint density at radius 2 is 2.17 bits per heavy atom. The van der Waals surface area contributed by atoms with Gasteiger partial charge in [-0.2, -0.15) is 4.98 Å². The second-order valence-corrected chi connectivity index (χ2v) is 4.94. The number of rotatable bonds is 4. The average Bonchev–Trinajstić information content (AvgIpc) is 2.79. The van der Waals surface area contributed by atoms with Crippen molar-refractivity contribution in [3.8, 4) is 0 Å². The Labute approximate surface area is 113 Å². The molecule has 1 aromatic carbocycles. The number of hydrogen-bond acceptors (Lipinski definition) is 5. The fourth-order valence-electron chi connectivity index (χ4n) is 1.49. The summed E-state index contributed by atoms with van der Waals surface area (Å²) in [6.07, 6.45) is -0.168. The lowest BCUT2D eigenvalue weighted by atomic mass is 10.1. The molecular weight excluding hydrogens is 298 g/mol. The average molecular weight is 312 g/mol. The third-order valence-corrected chi connectivity index (χ3v) is 3.37. The van der Waals surface area contributed by atoms with Gasteiger partial charge in [-0.3, -0.25) is 0 Å². The molecule has 0 aliphatic heterocycles. The van der Waals surface area contributed by atoms with Crippen molar-refractivity contribution in [1.29, 1.82) is 0 Å². The zero-order chi connectivity index (χ0) is 13.1. The van der Waals surface area contributed by atoms with Gasteiger partial charge in [-0.15, -0.1) is 0 Å². The van der Waals surface area contributed by atoms with Crippen LogP contribution in [0, 0.1) is 0 Å². The molecule has 2 rings (SSSR count). The van der Waals surface area contributed by atoms with Crippen molar-refractivity contribution in [3.05, 3.63) is 46.0 Å². The van der Waals surface area contributed by atoms with E-state index in [4.69, 9.17) is 10.3 Å². The van der Waals surface area contributed by atoms with E-state index in [1.54, 1.807) is 6.92 Å². The molecule has 2 aromatic rings. The maximum atomic E-state index is 9.36. The number of nitrogens with two attached hydrogens (primary N) is 1. The molecule has 5 nitrogen and oxygen atoms in total. The predicted octanol–water partition coefficient (Wildman–Crippen LogP) is 1.80. The number of benzene rings is 1. The van der Waals surface area contributed by atoms with Crippen LogP contribution >= 0.6 is 15.9 Å². The topological polar surface area (TPSA) is 85.2 Å². The molecule has 0 bridgehead atoms. The van der Waals surface area contributed by atoms with Crippen LogP contribution in [0.4, 0.5) is 0 Å². The van der Waals surface area contributed by atoms with Gasteiger partial charge in [0.1, 0.15) is 6.04 Å². The molecule has 1 aromatic heterocycles. The number of halogens is 1. The summed E-state index contributed by atoms with van der Waals surface area (Å²) < 4.78 is 6.03. The summed E-state index contributed by atoms with van der Waals surface area (Å²) in [5.74, 6) is 0.806. The van der Waals surface area contributed by atoms with Gasteiger partial charge < -0.3 is 15.4 Å². The SMILES string of the molecule is CC(O)C(N)c1nc(Cc2ccccc2Br)no1. The molecule has 2 atom stereocenters. The van der Waals surface area contributed by atoms with E-state index in [-0.39, 0.29) is 5.89 Å². The van der Waals surface area contributed by atoms with Crippen LogP contribution in [0.3, 0.4) is 0 Å². The minimum Gasteiger partial charge on any atom is -0.391 e. The van der Waals surface area contributed by atoms with Crippen molar-refractivity contribution in [2.45, 2.75) is 25.5 Å². The molecule has 96 valence electrons. The third-order valence-electron chi connectivity index (χ3n) is 2.60. The van der Waals surface area contributed by atoms with Crippen LogP contribution in [0.2, 0.25) is 0 Å². The van der Waals surface area contributed by atoms with Crippen LogP contribution in [-0.4, -0.2) is 21.4 Å². The molecule has 0 amide bonds. The van der Waals surface area contributed by atoms with Gasteiger partial charge >= 0.3 is 0 Å². The minimum atomic E-state index is -0.721. The smallest absolute Gasteiger partial charge is 0.246 e. The second kappa shape index (κ2) is 5.60. The summed E-state index contributed by atoms with van der Waals surface area (Å²) in [6, 6.07) is 7.18. The van der Waals surface area contributed by atoms with Gasteiger partial charge in [-0.05, 0) is 18.6 Å². The molecule has 6 heteroatoms. The lowest BCUT2D eigenvalue weighted by molar-refractivity contribution is 0.146. The van der Waals surface area contributed by atoms with Crippen LogP contribution < -0.4 is 5.73 Å². The Morgan fingerprint density at radius 1 is 1.44 bits per heavy atom. The first-order valence-corrected chi connectivity index (χ1v) is 6.36. The van der Waals surface area contributed by atoms with Crippen molar-refractivity contribution in [1.82, 2.24) is 10.1 Å². The molecule has 0 saturated heterocycles. The Kier molecular flexibility index (Phi) is 4.11. The van der Waals surface area contributed by atoms with E-state index in [1.807, 2.05) is 24.3 Å². The lowest BCUT2D eigenvalue weighted by Gasteiger charge is -2.08. The van der Waals surface area contributed by atoms with Crippen molar-refractivity contribution in [3.63, 3.8) is 0 Å². The van der Waals surface area contributed by atoms with Gasteiger partial charge in [0.15, 0.2) is 5.82 Å². The number of nitrogens with zero attached hydrogens (tertiary/aromatic N) is 2. The first kappa shape index (κ1) is 13.2. The summed E-state index contributed by atoms with van der Waals surface area (Å²) >= 11 is 3.46. The van der Waals surface area contributed by atoms with Gasteiger partial charge in [-0.25, -0.2) is 0 Å². The van der Waals surface area contributed by atoms with Crippen molar-refractivity contribution < 1.29 is 9.63 Å². The fourth-order valence-corrected chi connectivity index (χ4v) is 1.92. The Bertz CT molecular complexity index is 528. The number of hydrogen-bond donors (Lipinski definition) is 2. The van der Waals surface area contributed by atoms with E-state index in [0.717, 1.165) is 10.0 Å². The maximum Gasteiger partial charge on any atom is 0.246 e. The first-order valence-electron chi connectivity index (χ1n) is 5.57. The third kappa shape index (κ3) is 2.95. The number of aliphatic hydroxyl groups excluding tert-OH is 1. The first-order chi connectivity index (χ1) is 8.58. The van der Waals surface area contributed by atoms with Crippen LogP contribution in [-0.2, 0) is 6.42 Å². The Balaban J connectivity index is 2.14. The van der Waals surface area contributed by atoms with Gasteiger partial charge in [0.25, 0.3) is 0 Å². The van der Waals surface area contributed by atoms with Crippen LogP contribution in [0.25, 0.3) is 0 Å². The second-order valence-electron chi connectivity index (χ2n) is 4.08. The van der Waals surface area contributed by atoms with Crippen LogP contribution in [0.15, 0.2) is 33.3 Å². The molecular formula is C12H14BrN3O2. The van der Waals surface area contributed by atoms with E-state index in [0.29, 0.717) is 12.2 Å². The summed E-state index contributed by atoms with van der Waals surface area (Å²) in [6.45, 7) is 1.59. The van der Waals surface area contributed by atoms with E-state index in [1.165, 1.54) is 0 Å². The molecule has 0 fully saturated rings. The lowest BCUT2D eigenvalue weighted by Crippen LogP contribution is -2.23. The predicted molar refractivity (Wildman–Crippen MR) is 69.9 cm³/mol. The monoisotopic (exact) mass is 311 g/mol. The number of aliphatic hydroxyl groups is 1. The highest BCUT2D eigenvalue weighted by molar-refractivity contribution is 9.10. The highest BCUT2D eigenvalue weighted by atomic mass is 79.9. The Morgan fingerprint density at radius 3 is 2.83 bits per heavy atom. The minimum absolute atomic E-state index is 0.257. The quantitative estimate of drug-likeness (QED) is 0.899. The Hall–Kier alpha value is -1.24. The number of aromatic nitrogens is 2. The normalized spacial score (nSPS) is 14.4. The van der Waals surface area contributed by atoms with Crippen molar-refractivity contribution in [2.75, 3.05) is 0 Å². The van der Waals surface area contributed by atoms with Crippen molar-refractivity contribution >= 4 is 15.9 Å². The molecule has 0 aliphatic rings. The van der Waals surface area contributed by atoms with E-state index in [2.05, 4.69) is 26.1 Å². The summed E-state index contributed by atoms with van der Waals surface area (Å²) in [5, 5.41) is 13.2. The van der Waals surface area contributed by atoms with Crippen molar-refractivity contribution in [2.24, 2.45) is 5.73 Å². The van der Waals surface area contributed by atoms with Crippen LogP contribution in [0.1, 0.15) is 30.2 Å². The zero-order valence-electron chi connectivity index (χ0n) is 9.88. The molecule has 3 N–H and O–H groups in total. The van der Waals surface area contributed by atoms with E-state index >= 15 is 0 Å². The van der Waals surface area contributed by atoms with Gasteiger partial charge in [-0.1, -0.05) is 39.3 Å². The molecule has 0 spiro atoms. The van der Waals surface area contributed by atoms with E-state index < -0.39 is 12.1 Å². The highest BCUT2D eigenvalue weighted by Crippen LogP contribution is 2.19.